The van der Waals surface area contributed by atoms with Crippen LogP contribution in [0.4, 0.5) is 16.5 Å². The number of nitrogens with zero attached hydrogens (tertiary/aromatic N) is 4. The lowest BCUT2D eigenvalue weighted by atomic mass is 10.0. The summed E-state index contributed by atoms with van der Waals surface area (Å²) in [6.45, 7) is 1.70. The van der Waals surface area contributed by atoms with Gasteiger partial charge in [0.1, 0.15) is 6.54 Å². The van der Waals surface area contributed by atoms with E-state index in [1.807, 2.05) is 23.1 Å². The van der Waals surface area contributed by atoms with Gasteiger partial charge in [0.05, 0.1) is 11.4 Å². The highest BCUT2D eigenvalue weighted by molar-refractivity contribution is 7.93. The second kappa shape index (κ2) is 10.1. The average molecular weight is 546 g/mol. The molecule has 9 nitrogen and oxygen atoms in total. The molecular weight excluding hydrogens is 522 g/mol. The van der Waals surface area contributed by atoms with Gasteiger partial charge in [0.15, 0.2) is 5.13 Å². The fraction of sp³-hybridized carbons (Fsp3) is 0.292. The Hall–Kier alpha value is -3.15. The number of anilines is 3. The van der Waals surface area contributed by atoms with Crippen molar-refractivity contribution in [1.82, 2.24) is 9.88 Å². The summed E-state index contributed by atoms with van der Waals surface area (Å²) in [4.78, 5) is 35.1. The third kappa shape index (κ3) is 5.18. The third-order valence-electron chi connectivity index (χ3n) is 6.27. The molecule has 0 spiro atoms. The number of aryl methyl sites for hydroxylation is 1. The Labute approximate surface area is 218 Å². The van der Waals surface area contributed by atoms with E-state index in [0.717, 1.165) is 30.6 Å². The number of fused-ring (bicyclic) bond motifs is 1. The molecule has 36 heavy (non-hydrogen) atoms. The van der Waals surface area contributed by atoms with Crippen molar-refractivity contribution in [3.8, 4) is 0 Å². The van der Waals surface area contributed by atoms with Crippen LogP contribution >= 0.6 is 22.9 Å². The minimum atomic E-state index is -3.77. The van der Waals surface area contributed by atoms with Gasteiger partial charge in [-0.1, -0.05) is 11.6 Å². The standard InChI is InChI=1S/C24H24ClN5O4S2/c25-18-3-8-21-17(14-18)2-1-10-28(21)15-22(31)29-11-12-30(23(32)16-29)19-4-6-20(7-5-19)36(33,34)27-24-26-9-13-35-24/h3-9,13-14H,1-2,10-12,15-16H2,(H,26,27). The number of carbonyl (C=O) groups is 2. The van der Waals surface area contributed by atoms with Crippen LogP contribution in [-0.2, 0) is 26.0 Å². The van der Waals surface area contributed by atoms with E-state index in [9.17, 15) is 18.0 Å². The van der Waals surface area contributed by atoms with Crippen molar-refractivity contribution in [3.63, 3.8) is 0 Å². The van der Waals surface area contributed by atoms with Crippen LogP contribution in [0.3, 0.4) is 0 Å². The molecule has 188 valence electrons. The Kier molecular flexibility index (Phi) is 6.87. The highest BCUT2D eigenvalue weighted by atomic mass is 35.5. The topological polar surface area (TPSA) is 103 Å². The monoisotopic (exact) mass is 545 g/mol. The highest BCUT2D eigenvalue weighted by Gasteiger charge is 2.30. The SMILES string of the molecule is O=C(CN1CCCc2cc(Cl)ccc21)N1CCN(c2ccc(S(=O)(=O)Nc3nccs3)cc2)C(=O)C1. The number of hydrogen-bond donors (Lipinski definition) is 1. The second-order valence-electron chi connectivity index (χ2n) is 8.60. The van der Waals surface area contributed by atoms with Gasteiger partial charge in [-0.25, -0.2) is 13.4 Å². The van der Waals surface area contributed by atoms with Crippen LogP contribution < -0.4 is 14.5 Å². The number of rotatable bonds is 6. The average Bonchev–Trinajstić information content (AvgIpc) is 3.36. The first-order valence-electron chi connectivity index (χ1n) is 11.4. The molecule has 0 aliphatic carbocycles. The van der Waals surface area contributed by atoms with Crippen LogP contribution in [0.15, 0.2) is 58.9 Å². The molecule has 2 aromatic carbocycles. The van der Waals surface area contributed by atoms with Gasteiger partial charge in [-0.3, -0.25) is 14.3 Å². The second-order valence-corrected chi connectivity index (χ2v) is 11.6. The highest BCUT2D eigenvalue weighted by Crippen LogP contribution is 2.30. The van der Waals surface area contributed by atoms with Gasteiger partial charge in [-0.2, -0.15) is 0 Å². The summed E-state index contributed by atoms with van der Waals surface area (Å²) >= 11 is 7.31. The maximum atomic E-state index is 13.0. The number of carbonyl (C=O) groups excluding carboxylic acids is 2. The molecule has 2 amide bonds. The van der Waals surface area contributed by atoms with Crippen molar-refractivity contribution >= 4 is 61.3 Å². The summed E-state index contributed by atoms with van der Waals surface area (Å²) < 4.78 is 27.5. The van der Waals surface area contributed by atoms with Gasteiger partial charge in [0.25, 0.3) is 10.0 Å². The first-order valence-corrected chi connectivity index (χ1v) is 14.2. The minimum absolute atomic E-state index is 0.0220. The predicted octanol–water partition coefficient (Wildman–Crippen LogP) is 3.23. The van der Waals surface area contributed by atoms with Gasteiger partial charge >= 0.3 is 0 Å². The quantitative estimate of drug-likeness (QED) is 0.510. The van der Waals surface area contributed by atoms with Crippen molar-refractivity contribution in [2.75, 3.05) is 47.2 Å². The van der Waals surface area contributed by atoms with Crippen LogP contribution in [-0.4, -0.2) is 62.8 Å². The Morgan fingerprint density at radius 1 is 1.11 bits per heavy atom. The molecule has 3 heterocycles. The van der Waals surface area contributed by atoms with Crippen LogP contribution in [0.5, 0.6) is 0 Å². The molecule has 1 aromatic heterocycles. The predicted molar refractivity (Wildman–Crippen MR) is 140 cm³/mol. The fourth-order valence-electron chi connectivity index (χ4n) is 4.48. The van der Waals surface area contributed by atoms with E-state index in [-0.39, 0.29) is 34.9 Å². The van der Waals surface area contributed by atoms with Gasteiger partial charge in [0, 0.05) is 47.6 Å². The van der Waals surface area contributed by atoms with Gasteiger partial charge in [-0.05, 0) is 60.9 Å². The van der Waals surface area contributed by atoms with Crippen LogP contribution in [0.2, 0.25) is 5.02 Å². The number of hydrogen-bond acceptors (Lipinski definition) is 7. The molecule has 0 atom stereocenters. The molecule has 2 aliphatic rings. The molecule has 1 saturated heterocycles. The van der Waals surface area contributed by atoms with Crippen molar-refractivity contribution in [2.24, 2.45) is 0 Å². The molecule has 0 unspecified atom stereocenters. The molecular formula is C24H24ClN5O4S2. The molecule has 0 saturated carbocycles. The van der Waals surface area contributed by atoms with E-state index in [1.54, 1.807) is 27.3 Å². The molecule has 0 bridgehead atoms. The third-order valence-corrected chi connectivity index (χ3v) is 8.68. The number of thiazole rings is 1. The number of aromatic nitrogens is 1. The first kappa shape index (κ1) is 24.5. The molecule has 12 heteroatoms. The van der Waals surface area contributed by atoms with E-state index in [1.165, 1.54) is 29.7 Å². The number of sulfonamides is 1. The number of halogens is 1. The number of benzene rings is 2. The van der Waals surface area contributed by atoms with Crippen molar-refractivity contribution < 1.29 is 18.0 Å². The van der Waals surface area contributed by atoms with E-state index in [4.69, 9.17) is 11.6 Å². The van der Waals surface area contributed by atoms with Gasteiger partial charge < -0.3 is 14.7 Å². The van der Waals surface area contributed by atoms with Crippen molar-refractivity contribution in [3.05, 3.63) is 64.6 Å². The zero-order valence-corrected chi connectivity index (χ0v) is 21.7. The molecule has 1 N–H and O–H groups in total. The van der Waals surface area contributed by atoms with Gasteiger partial charge in [0.2, 0.25) is 11.8 Å². The maximum Gasteiger partial charge on any atom is 0.263 e. The fourth-order valence-corrected chi connectivity index (χ4v) is 6.47. The smallest absolute Gasteiger partial charge is 0.263 e. The molecule has 5 rings (SSSR count). The first-order chi connectivity index (χ1) is 17.3. The van der Waals surface area contributed by atoms with Crippen LogP contribution in [0, 0.1) is 0 Å². The molecule has 0 radical (unpaired) electrons. The lowest BCUT2D eigenvalue weighted by Gasteiger charge is -2.37. The zero-order chi connectivity index (χ0) is 25.3. The summed E-state index contributed by atoms with van der Waals surface area (Å²) in [7, 11) is -3.77. The Bertz CT molecular complexity index is 1380. The summed E-state index contributed by atoms with van der Waals surface area (Å²) in [5.41, 5.74) is 2.74. The Morgan fingerprint density at radius 2 is 1.92 bits per heavy atom. The van der Waals surface area contributed by atoms with Crippen molar-refractivity contribution in [1.29, 1.82) is 0 Å². The molecule has 2 aliphatic heterocycles. The maximum absolute atomic E-state index is 13.0. The number of amides is 2. The zero-order valence-electron chi connectivity index (χ0n) is 19.3. The molecule has 1 fully saturated rings. The number of nitrogens with one attached hydrogen (secondary N) is 1. The van der Waals surface area contributed by atoms with Crippen LogP contribution in [0.25, 0.3) is 0 Å². The normalized spacial score (nSPS) is 16.1. The molecule has 3 aromatic rings. The van der Waals surface area contributed by atoms with E-state index >= 15 is 0 Å². The van der Waals surface area contributed by atoms with Gasteiger partial charge in [-0.15, -0.1) is 11.3 Å². The van der Waals surface area contributed by atoms with Crippen molar-refractivity contribution in [2.45, 2.75) is 17.7 Å². The summed E-state index contributed by atoms with van der Waals surface area (Å²) in [6.07, 6.45) is 3.39. The summed E-state index contributed by atoms with van der Waals surface area (Å²) in [6, 6.07) is 11.8. The lowest BCUT2D eigenvalue weighted by molar-refractivity contribution is -0.135. The van der Waals surface area contributed by atoms with E-state index in [2.05, 4.69) is 9.71 Å². The summed E-state index contributed by atoms with van der Waals surface area (Å²) in [5, 5.41) is 2.65. The van der Waals surface area contributed by atoms with Crippen LogP contribution in [0.1, 0.15) is 12.0 Å². The van der Waals surface area contributed by atoms with E-state index in [0.29, 0.717) is 23.8 Å². The summed E-state index contributed by atoms with van der Waals surface area (Å²) in [5.74, 6) is -0.308. The number of piperazine rings is 1. The minimum Gasteiger partial charge on any atom is -0.362 e. The lowest BCUT2D eigenvalue weighted by Crippen LogP contribution is -2.54. The Balaban J connectivity index is 1.21. The largest absolute Gasteiger partial charge is 0.362 e. The Morgan fingerprint density at radius 3 is 2.64 bits per heavy atom. The van der Waals surface area contributed by atoms with E-state index < -0.39 is 10.0 Å².